The Morgan fingerprint density at radius 1 is 1.11 bits per heavy atom. The van der Waals surface area contributed by atoms with Gasteiger partial charge in [0.25, 0.3) is 4.83 Å². The van der Waals surface area contributed by atoms with Gasteiger partial charge in [0.05, 0.1) is 12.4 Å². The van der Waals surface area contributed by atoms with Crippen molar-refractivity contribution in [3.8, 4) is 5.13 Å². The van der Waals surface area contributed by atoms with Gasteiger partial charge in [-0.25, -0.2) is 4.98 Å². The summed E-state index contributed by atoms with van der Waals surface area (Å²) in [6.45, 7) is 0. The zero-order valence-electron chi connectivity index (χ0n) is 10.2. The molecule has 0 aromatic carbocycles. The summed E-state index contributed by atoms with van der Waals surface area (Å²) in [5, 5.41) is 0.908. The Kier molecular flexibility index (Phi) is 4.25. The largest absolute Gasteiger partial charge is 1.00 e. The number of pyridine rings is 1. The Balaban J connectivity index is 0.00000133. The van der Waals surface area contributed by atoms with E-state index in [4.69, 9.17) is 11.6 Å². The van der Waals surface area contributed by atoms with Crippen LogP contribution in [0.2, 0.25) is 4.47 Å². The minimum absolute atomic E-state index is 0. The fourth-order valence-corrected chi connectivity index (χ4v) is 3.65. The third kappa shape index (κ3) is 2.81. The SMILES string of the molecule is CN(C)c1cc[n+](-c2nc3sc(Cl)nc3s2)cc1.[Cl-]. The number of rotatable bonds is 2. The Bertz CT molecular complexity index is 659. The maximum Gasteiger partial charge on any atom is 0.390 e. The minimum atomic E-state index is 0. The van der Waals surface area contributed by atoms with Gasteiger partial charge in [0.2, 0.25) is 0 Å². The van der Waals surface area contributed by atoms with Crippen molar-refractivity contribution >= 4 is 49.6 Å². The second-order valence-corrected chi connectivity index (χ2v) is 6.45. The van der Waals surface area contributed by atoms with Gasteiger partial charge in [-0.05, 0) is 16.3 Å². The van der Waals surface area contributed by atoms with E-state index in [9.17, 15) is 0 Å². The van der Waals surface area contributed by atoms with Gasteiger partial charge in [0, 0.05) is 31.9 Å². The number of aromatic nitrogens is 3. The Morgan fingerprint density at radius 2 is 1.74 bits per heavy atom. The molecule has 0 unspecified atom stereocenters. The highest BCUT2D eigenvalue weighted by molar-refractivity contribution is 7.28. The van der Waals surface area contributed by atoms with E-state index in [1.54, 1.807) is 0 Å². The van der Waals surface area contributed by atoms with E-state index < -0.39 is 0 Å². The smallest absolute Gasteiger partial charge is 0.390 e. The quantitative estimate of drug-likeness (QED) is 0.607. The molecule has 0 fully saturated rings. The highest BCUT2D eigenvalue weighted by atomic mass is 35.5. The number of halogens is 2. The van der Waals surface area contributed by atoms with E-state index in [2.05, 4.69) is 27.0 Å². The van der Waals surface area contributed by atoms with Crippen LogP contribution in [0.15, 0.2) is 24.5 Å². The van der Waals surface area contributed by atoms with Crippen molar-refractivity contribution in [3.63, 3.8) is 0 Å². The summed E-state index contributed by atoms with van der Waals surface area (Å²) >= 11 is 8.79. The number of hydrogen-bond acceptors (Lipinski definition) is 5. The highest BCUT2D eigenvalue weighted by Crippen LogP contribution is 2.29. The van der Waals surface area contributed by atoms with Crippen molar-refractivity contribution < 1.29 is 17.0 Å². The van der Waals surface area contributed by atoms with Gasteiger partial charge in [0.15, 0.2) is 9.30 Å². The van der Waals surface area contributed by atoms with E-state index in [1.165, 1.54) is 22.7 Å². The van der Waals surface area contributed by atoms with E-state index in [-0.39, 0.29) is 12.4 Å². The van der Waals surface area contributed by atoms with Crippen molar-refractivity contribution in [3.05, 3.63) is 29.0 Å². The van der Waals surface area contributed by atoms with Crippen LogP contribution in [0.5, 0.6) is 0 Å². The van der Waals surface area contributed by atoms with Crippen LogP contribution < -0.4 is 21.9 Å². The molecule has 0 saturated heterocycles. The topological polar surface area (TPSA) is 32.9 Å². The van der Waals surface area contributed by atoms with Crippen molar-refractivity contribution in [2.24, 2.45) is 0 Å². The first-order valence-electron chi connectivity index (χ1n) is 5.25. The second kappa shape index (κ2) is 5.58. The van der Waals surface area contributed by atoms with E-state index >= 15 is 0 Å². The van der Waals surface area contributed by atoms with Gasteiger partial charge < -0.3 is 17.3 Å². The number of fused-ring (bicyclic) bond motifs is 1. The van der Waals surface area contributed by atoms with Gasteiger partial charge in [0.1, 0.15) is 0 Å². The molecular formula is C11H10Cl2N4S2. The first-order valence-corrected chi connectivity index (χ1v) is 7.26. The van der Waals surface area contributed by atoms with Crippen LogP contribution in [0.3, 0.4) is 0 Å². The van der Waals surface area contributed by atoms with Crippen LogP contribution in [-0.4, -0.2) is 24.1 Å². The molecule has 3 rings (SSSR count). The number of hydrogen-bond donors (Lipinski definition) is 0. The van der Waals surface area contributed by atoms with Crippen molar-refractivity contribution in [1.29, 1.82) is 0 Å². The van der Waals surface area contributed by atoms with Crippen LogP contribution in [-0.2, 0) is 0 Å². The highest BCUT2D eigenvalue weighted by Gasteiger charge is 2.18. The van der Waals surface area contributed by atoms with Gasteiger partial charge in [-0.2, -0.15) is 4.57 Å². The summed E-state index contributed by atoms with van der Waals surface area (Å²) in [4.78, 5) is 12.6. The lowest BCUT2D eigenvalue weighted by atomic mass is 10.4. The molecule has 0 aliphatic rings. The fraction of sp³-hybridized carbons (Fsp3) is 0.182. The molecule has 3 aromatic heterocycles. The van der Waals surface area contributed by atoms with E-state index in [0.29, 0.717) is 4.47 Å². The molecule has 4 nitrogen and oxygen atoms in total. The molecule has 0 atom stereocenters. The zero-order chi connectivity index (χ0) is 12.7. The summed E-state index contributed by atoms with van der Waals surface area (Å²) < 4.78 is 2.53. The molecule has 0 saturated carbocycles. The number of anilines is 1. The summed E-state index contributed by atoms with van der Waals surface area (Å²) in [5.74, 6) is 0. The zero-order valence-corrected chi connectivity index (χ0v) is 13.3. The third-order valence-electron chi connectivity index (χ3n) is 2.49. The average molecular weight is 333 g/mol. The molecule has 0 radical (unpaired) electrons. The fourth-order valence-electron chi connectivity index (χ4n) is 1.56. The number of nitrogens with zero attached hydrogens (tertiary/aromatic N) is 4. The van der Waals surface area contributed by atoms with Crippen molar-refractivity contribution in [2.75, 3.05) is 19.0 Å². The molecule has 0 aliphatic carbocycles. The van der Waals surface area contributed by atoms with Crippen LogP contribution in [0.1, 0.15) is 0 Å². The standard InChI is InChI=1S/C11H10ClN4S2.ClH/c1-15(2)7-3-5-16(6-4-7)11-14-9-8(18-11)13-10(12)17-9;/h3-6H,1-2H3;1H/q+1;/p-1. The van der Waals surface area contributed by atoms with Crippen molar-refractivity contribution in [2.45, 2.75) is 0 Å². The Morgan fingerprint density at radius 3 is 2.32 bits per heavy atom. The van der Waals surface area contributed by atoms with E-state index in [0.717, 1.165) is 20.5 Å². The molecule has 0 spiro atoms. The number of thiazole rings is 2. The maximum absolute atomic E-state index is 5.84. The normalized spacial score (nSPS) is 10.5. The van der Waals surface area contributed by atoms with Crippen LogP contribution in [0, 0.1) is 0 Å². The third-order valence-corrected chi connectivity index (χ3v) is 4.63. The summed E-state index contributed by atoms with van der Waals surface area (Å²) in [6, 6.07) is 4.10. The molecule has 3 heterocycles. The summed E-state index contributed by atoms with van der Waals surface area (Å²) in [5.41, 5.74) is 1.16. The lowest BCUT2D eigenvalue weighted by Crippen LogP contribution is -3.00. The Labute approximate surface area is 129 Å². The predicted octanol–water partition coefficient (Wildman–Crippen LogP) is -0.247. The molecule has 0 amide bonds. The first-order chi connectivity index (χ1) is 8.63. The molecule has 19 heavy (non-hydrogen) atoms. The van der Waals surface area contributed by atoms with Crippen LogP contribution in [0.25, 0.3) is 14.8 Å². The van der Waals surface area contributed by atoms with Crippen molar-refractivity contribution in [1.82, 2.24) is 9.97 Å². The first kappa shape index (κ1) is 14.5. The lowest BCUT2D eigenvalue weighted by molar-refractivity contribution is -0.595. The monoisotopic (exact) mass is 332 g/mol. The van der Waals surface area contributed by atoms with Gasteiger partial charge in [-0.15, -0.1) is 0 Å². The lowest BCUT2D eigenvalue weighted by Gasteiger charge is -2.10. The molecule has 3 aromatic rings. The second-order valence-electron chi connectivity index (χ2n) is 3.93. The predicted molar refractivity (Wildman–Crippen MR) is 76.2 cm³/mol. The molecule has 8 heteroatoms. The van der Waals surface area contributed by atoms with E-state index in [1.807, 2.05) is 31.1 Å². The Hall–Kier alpha value is -0.950. The van der Waals surface area contributed by atoms with Gasteiger partial charge >= 0.3 is 5.13 Å². The van der Waals surface area contributed by atoms with Gasteiger partial charge in [-0.1, -0.05) is 22.9 Å². The molecular weight excluding hydrogens is 323 g/mol. The molecule has 0 aliphatic heterocycles. The summed E-state index contributed by atoms with van der Waals surface area (Å²) in [7, 11) is 4.04. The van der Waals surface area contributed by atoms with Crippen LogP contribution >= 0.6 is 34.3 Å². The molecule has 0 N–H and O–H groups in total. The molecule has 100 valence electrons. The van der Waals surface area contributed by atoms with Crippen LogP contribution in [0.4, 0.5) is 5.69 Å². The minimum Gasteiger partial charge on any atom is -1.00 e. The maximum atomic E-state index is 5.84. The molecule has 0 bridgehead atoms. The average Bonchev–Trinajstić information content (AvgIpc) is 2.86. The summed E-state index contributed by atoms with van der Waals surface area (Å²) in [6.07, 6.45) is 4.00. The van der Waals surface area contributed by atoms with Gasteiger partial charge in [-0.3, -0.25) is 0 Å².